The minimum atomic E-state index is -1.02. The number of methoxy groups -OCH3 is 1. The van der Waals surface area contributed by atoms with Crippen molar-refractivity contribution in [1.29, 1.82) is 0 Å². The zero-order chi connectivity index (χ0) is 16.7. The van der Waals surface area contributed by atoms with Crippen molar-refractivity contribution in [2.75, 3.05) is 7.11 Å². The summed E-state index contributed by atoms with van der Waals surface area (Å²) in [4.78, 5) is 20.5. The third kappa shape index (κ3) is 2.83. The quantitative estimate of drug-likeness (QED) is 0.736. The van der Waals surface area contributed by atoms with Crippen molar-refractivity contribution in [2.45, 2.75) is 39.5 Å². The van der Waals surface area contributed by atoms with Gasteiger partial charge in [-0.3, -0.25) is 0 Å². The number of nitrogens with zero attached hydrogens (tertiary/aromatic N) is 2. The third-order valence-corrected chi connectivity index (χ3v) is 5.27. The summed E-state index contributed by atoms with van der Waals surface area (Å²) in [6, 6.07) is 1.62. The van der Waals surface area contributed by atoms with Gasteiger partial charge in [-0.25, -0.2) is 14.8 Å². The molecule has 0 bridgehead atoms. The third-order valence-electron chi connectivity index (χ3n) is 4.18. The summed E-state index contributed by atoms with van der Waals surface area (Å²) in [5.41, 5.74) is 0.872. The Labute approximate surface area is 143 Å². The van der Waals surface area contributed by atoms with Gasteiger partial charge in [0.2, 0.25) is 0 Å². The van der Waals surface area contributed by atoms with Gasteiger partial charge in [0.25, 0.3) is 0 Å². The molecule has 6 nitrogen and oxygen atoms in total. The van der Waals surface area contributed by atoms with E-state index in [1.807, 2.05) is 13.8 Å². The van der Waals surface area contributed by atoms with E-state index in [9.17, 15) is 9.90 Å². The van der Waals surface area contributed by atoms with E-state index in [-0.39, 0.29) is 17.7 Å². The van der Waals surface area contributed by atoms with Crippen LogP contribution in [-0.2, 0) is 4.74 Å². The largest absolute Gasteiger partial charge is 0.478 e. The molecule has 7 heteroatoms. The number of hydrogen-bond acceptors (Lipinski definition) is 5. The molecule has 1 aliphatic rings. The SMILES string of the molecule is COC1N=C(c2nc(C)c(I)cc2C(=O)O)NC1(C)C(C)C. The van der Waals surface area contributed by atoms with Gasteiger partial charge in [-0.05, 0) is 48.4 Å². The Bertz CT molecular complexity index is 645. The van der Waals surface area contributed by atoms with E-state index in [2.05, 4.69) is 51.7 Å². The lowest BCUT2D eigenvalue weighted by Crippen LogP contribution is -2.52. The number of halogens is 1. The van der Waals surface area contributed by atoms with Crippen molar-refractivity contribution in [1.82, 2.24) is 10.3 Å². The van der Waals surface area contributed by atoms with Crippen LogP contribution in [0.25, 0.3) is 0 Å². The van der Waals surface area contributed by atoms with Gasteiger partial charge in [0, 0.05) is 10.7 Å². The van der Waals surface area contributed by atoms with Gasteiger partial charge < -0.3 is 15.2 Å². The van der Waals surface area contributed by atoms with Crippen molar-refractivity contribution >= 4 is 34.4 Å². The van der Waals surface area contributed by atoms with Gasteiger partial charge in [-0.1, -0.05) is 13.8 Å². The molecule has 0 spiro atoms. The Morgan fingerprint density at radius 3 is 2.64 bits per heavy atom. The maximum Gasteiger partial charge on any atom is 0.338 e. The molecule has 0 amide bonds. The normalized spacial score (nSPS) is 24.3. The van der Waals surface area contributed by atoms with Gasteiger partial charge in [-0.15, -0.1) is 0 Å². The molecule has 0 saturated heterocycles. The van der Waals surface area contributed by atoms with E-state index in [1.165, 1.54) is 0 Å². The zero-order valence-corrected chi connectivity index (χ0v) is 15.4. The molecule has 0 aliphatic carbocycles. The number of hydrogen-bond donors (Lipinski definition) is 2. The molecule has 2 heterocycles. The number of aryl methyl sites for hydroxylation is 1. The molecule has 2 atom stereocenters. The topological polar surface area (TPSA) is 83.8 Å². The first kappa shape index (κ1) is 17.1. The second kappa shape index (κ2) is 6.11. The van der Waals surface area contributed by atoms with Crippen LogP contribution in [0.4, 0.5) is 0 Å². The molecule has 2 N–H and O–H groups in total. The van der Waals surface area contributed by atoms with Crippen LogP contribution in [0.5, 0.6) is 0 Å². The average Bonchev–Trinajstić information content (AvgIpc) is 2.79. The van der Waals surface area contributed by atoms with E-state index in [4.69, 9.17) is 4.74 Å². The number of aromatic nitrogens is 1. The maximum absolute atomic E-state index is 11.5. The van der Waals surface area contributed by atoms with Gasteiger partial charge in [0.05, 0.1) is 16.8 Å². The summed E-state index contributed by atoms with van der Waals surface area (Å²) in [6.07, 6.45) is -0.384. The van der Waals surface area contributed by atoms with Crippen molar-refractivity contribution in [3.05, 3.63) is 26.6 Å². The molecule has 0 saturated carbocycles. The second-order valence-electron chi connectivity index (χ2n) is 5.89. The minimum Gasteiger partial charge on any atom is -0.478 e. The fourth-order valence-corrected chi connectivity index (χ4v) is 2.80. The molecule has 1 aliphatic heterocycles. The van der Waals surface area contributed by atoms with Crippen LogP contribution in [0, 0.1) is 16.4 Å². The molecule has 2 unspecified atom stereocenters. The van der Waals surface area contributed by atoms with Gasteiger partial charge in [0.15, 0.2) is 12.1 Å². The van der Waals surface area contributed by atoms with Crippen molar-refractivity contribution in [3.8, 4) is 0 Å². The number of amidine groups is 1. The average molecular weight is 417 g/mol. The van der Waals surface area contributed by atoms with E-state index >= 15 is 0 Å². The lowest BCUT2D eigenvalue weighted by Gasteiger charge is -2.34. The maximum atomic E-state index is 11.5. The monoisotopic (exact) mass is 417 g/mol. The number of carboxylic acids is 1. The summed E-state index contributed by atoms with van der Waals surface area (Å²) in [6.45, 7) is 8.01. The Balaban J connectivity index is 2.54. The Morgan fingerprint density at radius 2 is 2.18 bits per heavy atom. The number of aromatic carboxylic acids is 1. The Morgan fingerprint density at radius 1 is 1.55 bits per heavy atom. The zero-order valence-electron chi connectivity index (χ0n) is 13.3. The lowest BCUT2D eigenvalue weighted by molar-refractivity contribution is 0.0302. The van der Waals surface area contributed by atoms with E-state index in [0.717, 1.165) is 9.26 Å². The summed E-state index contributed by atoms with van der Waals surface area (Å²) in [5, 5.41) is 12.8. The van der Waals surface area contributed by atoms with Gasteiger partial charge in [-0.2, -0.15) is 0 Å². The van der Waals surface area contributed by atoms with Crippen molar-refractivity contribution in [3.63, 3.8) is 0 Å². The summed E-state index contributed by atoms with van der Waals surface area (Å²) in [7, 11) is 1.60. The predicted molar refractivity (Wildman–Crippen MR) is 92.4 cm³/mol. The first-order valence-corrected chi connectivity index (χ1v) is 8.08. The highest BCUT2D eigenvalue weighted by Crippen LogP contribution is 2.30. The van der Waals surface area contributed by atoms with E-state index in [1.54, 1.807) is 13.2 Å². The Kier molecular flexibility index (Phi) is 4.76. The molecule has 2 rings (SSSR count). The Hall–Kier alpha value is -1.22. The molecule has 1 aromatic heterocycles. The summed E-state index contributed by atoms with van der Waals surface area (Å²) < 4.78 is 6.28. The molecular formula is C15H20IN3O3. The van der Waals surface area contributed by atoms with Crippen LogP contribution in [0.3, 0.4) is 0 Å². The number of carbonyl (C=O) groups is 1. The summed E-state index contributed by atoms with van der Waals surface area (Å²) >= 11 is 2.08. The summed E-state index contributed by atoms with van der Waals surface area (Å²) in [5.74, 6) is -0.297. The van der Waals surface area contributed by atoms with E-state index < -0.39 is 11.5 Å². The molecular weight excluding hydrogens is 397 g/mol. The fourth-order valence-electron chi connectivity index (χ4n) is 2.37. The second-order valence-corrected chi connectivity index (χ2v) is 7.05. The first-order valence-electron chi connectivity index (χ1n) is 7.00. The van der Waals surface area contributed by atoms with Crippen molar-refractivity contribution < 1.29 is 14.6 Å². The van der Waals surface area contributed by atoms with Crippen LogP contribution in [0.1, 0.15) is 42.5 Å². The number of rotatable bonds is 4. The fraction of sp³-hybridized carbons (Fsp3) is 0.533. The molecule has 0 aromatic carbocycles. The van der Waals surface area contributed by atoms with Crippen LogP contribution in [0.15, 0.2) is 11.1 Å². The highest BCUT2D eigenvalue weighted by atomic mass is 127. The van der Waals surface area contributed by atoms with E-state index in [0.29, 0.717) is 11.5 Å². The first-order chi connectivity index (χ1) is 10.2. The highest BCUT2D eigenvalue weighted by Gasteiger charge is 2.44. The molecule has 0 fully saturated rings. The minimum absolute atomic E-state index is 0.143. The standard InChI is InChI=1S/C15H20IN3O3/c1-7(2)15(4)14(22-5)18-12(19-15)11-9(13(20)21)6-10(16)8(3)17-11/h6-7,14H,1-5H3,(H,18,19)(H,20,21). The van der Waals surface area contributed by atoms with Crippen LogP contribution in [0.2, 0.25) is 0 Å². The smallest absolute Gasteiger partial charge is 0.338 e. The number of pyridine rings is 1. The molecule has 22 heavy (non-hydrogen) atoms. The predicted octanol–water partition coefficient (Wildman–Crippen LogP) is 2.43. The highest BCUT2D eigenvalue weighted by molar-refractivity contribution is 14.1. The molecule has 120 valence electrons. The molecule has 1 aromatic rings. The lowest BCUT2D eigenvalue weighted by atomic mass is 9.87. The van der Waals surface area contributed by atoms with Crippen molar-refractivity contribution in [2.24, 2.45) is 10.9 Å². The van der Waals surface area contributed by atoms with Gasteiger partial charge in [0.1, 0.15) is 5.69 Å². The van der Waals surface area contributed by atoms with Crippen LogP contribution < -0.4 is 5.32 Å². The number of nitrogens with one attached hydrogen (secondary N) is 1. The number of carboxylic acid groups (broad SMARTS) is 1. The number of ether oxygens (including phenoxy) is 1. The number of aliphatic imine (C=N–C) groups is 1. The van der Waals surface area contributed by atoms with Gasteiger partial charge >= 0.3 is 5.97 Å². The molecule has 0 radical (unpaired) electrons. The van der Waals surface area contributed by atoms with Crippen LogP contribution in [-0.4, -0.2) is 40.8 Å². The van der Waals surface area contributed by atoms with Crippen LogP contribution >= 0.6 is 22.6 Å².